The highest BCUT2D eigenvalue weighted by atomic mass is 32.1. The minimum absolute atomic E-state index is 0.122. The van der Waals surface area contributed by atoms with Crippen LogP contribution in [0, 0.1) is 5.41 Å². The van der Waals surface area contributed by atoms with Gasteiger partial charge in [-0.2, -0.15) is 0 Å². The number of nitrogens with one attached hydrogen (secondary N) is 2. The first-order chi connectivity index (χ1) is 18.7. The van der Waals surface area contributed by atoms with Crippen molar-refractivity contribution in [3.63, 3.8) is 0 Å². The monoisotopic (exact) mass is 526 g/mol. The van der Waals surface area contributed by atoms with Crippen LogP contribution in [-0.4, -0.2) is 63.4 Å². The molecule has 2 N–H and O–H groups in total. The molecule has 1 aromatic carbocycles. The number of aromatic amines is 1. The normalized spacial score (nSPS) is 19.9. The van der Waals surface area contributed by atoms with Crippen LogP contribution in [0.4, 0.5) is 11.4 Å². The summed E-state index contributed by atoms with van der Waals surface area (Å²) in [5.41, 5.74) is 8.08. The first-order valence-corrected chi connectivity index (χ1v) is 14.8. The van der Waals surface area contributed by atoms with Gasteiger partial charge in [0.05, 0.1) is 26.8 Å². The van der Waals surface area contributed by atoms with Crippen LogP contribution < -0.4 is 5.32 Å². The molecule has 7 rings (SSSR count). The number of amides is 1. The molecule has 0 radical (unpaired) electrons. The van der Waals surface area contributed by atoms with E-state index in [4.69, 9.17) is 0 Å². The lowest BCUT2D eigenvalue weighted by Gasteiger charge is -2.32. The Morgan fingerprint density at radius 2 is 1.92 bits per heavy atom. The first kappa shape index (κ1) is 23.9. The minimum Gasteiger partial charge on any atom is -0.355 e. The number of thiazole rings is 1. The van der Waals surface area contributed by atoms with E-state index in [2.05, 4.69) is 60.4 Å². The number of likely N-dealkylation sites (tertiary alicyclic amines) is 1. The molecule has 1 amide bonds. The zero-order chi connectivity index (χ0) is 25.5. The number of H-pyrrole nitrogens is 1. The van der Waals surface area contributed by atoms with Crippen molar-refractivity contribution in [2.24, 2.45) is 5.41 Å². The van der Waals surface area contributed by atoms with Gasteiger partial charge >= 0.3 is 0 Å². The summed E-state index contributed by atoms with van der Waals surface area (Å²) in [5, 5.41) is 4.64. The number of hydrogen-bond donors (Lipinski definition) is 2. The molecule has 0 atom stereocenters. The van der Waals surface area contributed by atoms with E-state index in [0.29, 0.717) is 12.5 Å². The zero-order valence-corrected chi connectivity index (χ0v) is 22.5. The summed E-state index contributed by atoms with van der Waals surface area (Å²) in [5.74, 6) is 0.375. The summed E-state index contributed by atoms with van der Waals surface area (Å²) in [6.07, 6.45) is 12.3. The Balaban J connectivity index is 1.05. The lowest BCUT2D eigenvalue weighted by Crippen LogP contribution is -2.44. The Morgan fingerprint density at radius 3 is 2.71 bits per heavy atom. The fourth-order valence-electron chi connectivity index (χ4n) is 6.14. The van der Waals surface area contributed by atoms with E-state index >= 15 is 0 Å². The number of aromatic nitrogens is 3. The van der Waals surface area contributed by atoms with E-state index in [1.807, 2.05) is 17.8 Å². The largest absolute Gasteiger partial charge is 0.355 e. The van der Waals surface area contributed by atoms with Crippen molar-refractivity contribution in [3.05, 3.63) is 53.8 Å². The van der Waals surface area contributed by atoms with Crippen molar-refractivity contribution >= 4 is 55.4 Å². The van der Waals surface area contributed by atoms with Gasteiger partial charge in [0.15, 0.2) is 0 Å². The summed E-state index contributed by atoms with van der Waals surface area (Å²) >= 11 is 1.65. The fraction of sp³-hybridized carbons (Fsp3) is 0.433. The van der Waals surface area contributed by atoms with Crippen LogP contribution in [0.5, 0.6) is 0 Å². The van der Waals surface area contributed by atoms with Gasteiger partial charge in [0.25, 0.3) is 0 Å². The van der Waals surface area contributed by atoms with Gasteiger partial charge in [-0.05, 0) is 81.1 Å². The fourth-order valence-corrected chi connectivity index (χ4v) is 6.86. The molecule has 1 saturated carbocycles. The molecule has 1 aliphatic carbocycles. The summed E-state index contributed by atoms with van der Waals surface area (Å²) in [4.78, 5) is 30.7. The van der Waals surface area contributed by atoms with Crippen molar-refractivity contribution in [3.8, 4) is 0 Å². The molecule has 1 saturated heterocycles. The quantitative estimate of drug-likeness (QED) is 0.313. The van der Waals surface area contributed by atoms with Crippen molar-refractivity contribution in [1.29, 1.82) is 0 Å². The maximum atomic E-state index is 13.5. The second-order valence-corrected chi connectivity index (χ2v) is 12.1. The molecule has 3 aliphatic rings. The smallest absolute Gasteiger partial charge is 0.230 e. The van der Waals surface area contributed by atoms with Crippen LogP contribution in [0.25, 0.3) is 26.8 Å². The van der Waals surface area contributed by atoms with Crippen LogP contribution >= 0.6 is 11.3 Å². The average Bonchev–Trinajstić information content (AvgIpc) is 3.46. The van der Waals surface area contributed by atoms with Crippen molar-refractivity contribution in [2.75, 3.05) is 38.0 Å². The summed E-state index contributed by atoms with van der Waals surface area (Å²) in [7, 11) is 0. The highest BCUT2D eigenvalue weighted by molar-refractivity contribution is 7.16. The van der Waals surface area contributed by atoms with Crippen LogP contribution in [0.3, 0.4) is 0 Å². The molecule has 0 unspecified atom stereocenters. The van der Waals surface area contributed by atoms with Crippen molar-refractivity contribution in [1.82, 2.24) is 24.8 Å². The zero-order valence-electron chi connectivity index (χ0n) is 21.7. The van der Waals surface area contributed by atoms with Gasteiger partial charge in [0.2, 0.25) is 5.91 Å². The number of nitrogens with zero attached hydrogens (tertiary/aromatic N) is 4. The standard InChI is InChI=1S/C30H34N6OS/c37-29(30(10-11-30)19-35-13-3-1-2-4-14-35)36-15-8-21(9-16-36)26-18-23-24(7-12-31-28(23)34-26)33-22-5-6-25-27(17-22)38-20-32-25/h5-8,12,17-18,20H,1-4,9-11,13-16,19H2,(H2,31,33,34). The second-order valence-electron chi connectivity index (χ2n) is 11.2. The van der Waals surface area contributed by atoms with Crippen molar-refractivity contribution < 1.29 is 4.79 Å². The Labute approximate surface area is 227 Å². The summed E-state index contributed by atoms with van der Waals surface area (Å²) < 4.78 is 1.17. The van der Waals surface area contributed by atoms with Gasteiger partial charge in [-0.15, -0.1) is 11.3 Å². The highest BCUT2D eigenvalue weighted by Crippen LogP contribution is 2.48. The lowest BCUT2D eigenvalue weighted by molar-refractivity contribution is -0.137. The molecule has 5 heterocycles. The van der Waals surface area contributed by atoms with E-state index in [1.165, 1.54) is 36.0 Å². The van der Waals surface area contributed by atoms with Gasteiger partial charge in [0.1, 0.15) is 5.65 Å². The Morgan fingerprint density at radius 1 is 1.05 bits per heavy atom. The van der Waals surface area contributed by atoms with Gasteiger partial charge in [-0.25, -0.2) is 9.97 Å². The lowest BCUT2D eigenvalue weighted by atomic mass is 10.00. The number of benzene rings is 1. The molecule has 7 nitrogen and oxygen atoms in total. The predicted molar refractivity (Wildman–Crippen MR) is 155 cm³/mol. The number of anilines is 2. The summed E-state index contributed by atoms with van der Waals surface area (Å²) in [6, 6.07) is 10.5. The molecule has 2 fully saturated rings. The molecule has 3 aromatic heterocycles. The van der Waals surface area contributed by atoms with Gasteiger partial charge in [-0.1, -0.05) is 18.9 Å². The summed E-state index contributed by atoms with van der Waals surface area (Å²) in [6.45, 7) is 4.75. The third-order valence-corrected chi connectivity index (χ3v) is 9.31. The number of fused-ring (bicyclic) bond motifs is 2. The number of carbonyl (C=O) groups is 1. The van der Waals surface area contributed by atoms with E-state index in [-0.39, 0.29) is 5.41 Å². The molecular formula is C30H34N6OS. The number of carbonyl (C=O) groups excluding carboxylic acids is 1. The number of pyridine rings is 1. The van der Waals surface area contributed by atoms with E-state index in [0.717, 1.165) is 79.1 Å². The Kier molecular flexibility index (Phi) is 6.16. The van der Waals surface area contributed by atoms with E-state index in [9.17, 15) is 4.79 Å². The Bertz CT molecular complexity index is 1510. The van der Waals surface area contributed by atoms with Gasteiger partial charge in [-0.3, -0.25) is 4.79 Å². The Hall–Kier alpha value is -3.23. The van der Waals surface area contributed by atoms with Gasteiger partial charge < -0.3 is 20.1 Å². The topological polar surface area (TPSA) is 77.1 Å². The molecule has 196 valence electrons. The van der Waals surface area contributed by atoms with E-state index in [1.54, 1.807) is 11.3 Å². The maximum Gasteiger partial charge on any atom is 0.230 e. The SMILES string of the molecule is O=C(N1CC=C(c2cc3c(Nc4ccc5ncsc5c4)ccnc3[nH]2)CC1)C1(CN2CCCCCC2)CC1. The maximum absolute atomic E-state index is 13.5. The third-order valence-electron chi connectivity index (χ3n) is 8.52. The second kappa shape index (κ2) is 9.82. The third kappa shape index (κ3) is 4.60. The molecule has 38 heavy (non-hydrogen) atoms. The molecule has 0 spiro atoms. The molecule has 8 heteroatoms. The van der Waals surface area contributed by atoms with Gasteiger partial charge in [0, 0.05) is 42.6 Å². The van der Waals surface area contributed by atoms with Crippen LogP contribution in [-0.2, 0) is 4.79 Å². The van der Waals surface area contributed by atoms with Crippen LogP contribution in [0.1, 0.15) is 50.6 Å². The molecular weight excluding hydrogens is 492 g/mol. The molecule has 0 bridgehead atoms. The highest BCUT2D eigenvalue weighted by Gasteiger charge is 2.52. The van der Waals surface area contributed by atoms with Crippen LogP contribution in [0.2, 0.25) is 0 Å². The number of hydrogen-bond acceptors (Lipinski definition) is 6. The van der Waals surface area contributed by atoms with E-state index < -0.39 is 0 Å². The van der Waals surface area contributed by atoms with Crippen molar-refractivity contribution in [2.45, 2.75) is 44.9 Å². The minimum atomic E-state index is -0.122. The average molecular weight is 527 g/mol. The number of rotatable bonds is 6. The first-order valence-electron chi connectivity index (χ1n) is 14.0. The predicted octanol–water partition coefficient (Wildman–Crippen LogP) is 6.19. The molecule has 4 aromatic rings. The van der Waals surface area contributed by atoms with Crippen LogP contribution in [0.15, 0.2) is 48.1 Å². The molecule has 2 aliphatic heterocycles.